The Morgan fingerprint density at radius 2 is 1.95 bits per heavy atom. The molecule has 1 aliphatic carbocycles. The van der Waals surface area contributed by atoms with Gasteiger partial charge < -0.3 is 10.2 Å². The fraction of sp³-hybridized carbons (Fsp3) is 0.412. The van der Waals surface area contributed by atoms with Crippen molar-refractivity contribution in [1.29, 1.82) is 10.5 Å². The topological polar surface area (TPSA) is 62.9 Å². The van der Waals surface area contributed by atoms with Crippen LogP contribution >= 0.6 is 0 Å². The average molecular weight is 298 g/mol. The first-order valence-corrected chi connectivity index (χ1v) is 7.45. The molecule has 0 heterocycles. The first-order valence-electron chi connectivity index (χ1n) is 7.45. The summed E-state index contributed by atoms with van der Waals surface area (Å²) in [6.07, 6.45) is 7.15. The molecule has 0 amide bonds. The molecule has 0 aliphatic heterocycles. The molecule has 1 aromatic carbocycles. The zero-order valence-electron chi connectivity index (χ0n) is 12.6. The molecule has 0 bridgehead atoms. The van der Waals surface area contributed by atoms with E-state index in [2.05, 4.69) is 5.32 Å². The van der Waals surface area contributed by atoms with Gasteiger partial charge in [0.2, 0.25) is 0 Å². The Kier molecular flexibility index (Phi) is 5.38. The maximum atomic E-state index is 14.3. The van der Waals surface area contributed by atoms with Crippen molar-refractivity contribution in [3.8, 4) is 12.1 Å². The van der Waals surface area contributed by atoms with Gasteiger partial charge in [0.05, 0.1) is 5.69 Å². The van der Waals surface area contributed by atoms with Crippen LogP contribution in [0.1, 0.15) is 32.1 Å². The Balaban J connectivity index is 2.11. The normalized spacial score (nSPS) is 14.5. The van der Waals surface area contributed by atoms with Crippen LogP contribution in [0.5, 0.6) is 0 Å². The second-order valence-corrected chi connectivity index (χ2v) is 5.49. The molecule has 114 valence electrons. The molecule has 0 atom stereocenters. The van der Waals surface area contributed by atoms with Crippen LogP contribution in [0.4, 0.5) is 15.8 Å². The van der Waals surface area contributed by atoms with E-state index in [1.54, 1.807) is 24.3 Å². The van der Waals surface area contributed by atoms with Crippen LogP contribution in [0.25, 0.3) is 0 Å². The summed E-state index contributed by atoms with van der Waals surface area (Å²) in [6, 6.07) is 8.76. The summed E-state index contributed by atoms with van der Waals surface area (Å²) in [4.78, 5) is 2.02. The highest BCUT2D eigenvalue weighted by Gasteiger charge is 2.20. The molecule has 1 aliphatic rings. The number of hydrogen-bond acceptors (Lipinski definition) is 4. The van der Waals surface area contributed by atoms with Crippen LogP contribution in [-0.2, 0) is 0 Å². The molecule has 5 heteroatoms. The summed E-state index contributed by atoms with van der Waals surface area (Å²) in [6.45, 7) is 0. The van der Waals surface area contributed by atoms with E-state index in [4.69, 9.17) is 10.5 Å². The van der Waals surface area contributed by atoms with E-state index in [1.165, 1.54) is 31.5 Å². The van der Waals surface area contributed by atoms with Crippen molar-refractivity contribution in [2.75, 3.05) is 17.3 Å². The lowest BCUT2D eigenvalue weighted by Gasteiger charge is -2.33. The number of nitriles is 2. The number of anilines is 2. The van der Waals surface area contributed by atoms with Gasteiger partial charge in [0, 0.05) is 25.0 Å². The van der Waals surface area contributed by atoms with Crippen LogP contribution < -0.4 is 10.2 Å². The third-order valence-corrected chi connectivity index (χ3v) is 4.07. The van der Waals surface area contributed by atoms with Gasteiger partial charge in [0.15, 0.2) is 0 Å². The second-order valence-electron chi connectivity index (χ2n) is 5.49. The predicted molar refractivity (Wildman–Crippen MR) is 84.6 cm³/mol. The maximum Gasteiger partial charge on any atom is 0.148 e. The quantitative estimate of drug-likeness (QED) is 0.855. The van der Waals surface area contributed by atoms with E-state index in [0.29, 0.717) is 17.4 Å². The highest BCUT2D eigenvalue weighted by atomic mass is 19.1. The number of benzene rings is 1. The summed E-state index contributed by atoms with van der Waals surface area (Å²) < 4.78 is 14.3. The molecule has 1 saturated carbocycles. The van der Waals surface area contributed by atoms with Crippen molar-refractivity contribution in [3.05, 3.63) is 35.8 Å². The monoisotopic (exact) mass is 298 g/mol. The molecule has 1 N–H and O–H groups in total. The van der Waals surface area contributed by atoms with Gasteiger partial charge in [0.25, 0.3) is 0 Å². The summed E-state index contributed by atoms with van der Waals surface area (Å²) in [5.74, 6) is -0.304. The average Bonchev–Trinajstić information content (AvgIpc) is 2.56. The summed E-state index contributed by atoms with van der Waals surface area (Å²) in [7, 11) is 1.94. The molecular weight excluding hydrogens is 279 g/mol. The van der Waals surface area contributed by atoms with Crippen LogP contribution in [0.15, 0.2) is 30.0 Å². The van der Waals surface area contributed by atoms with E-state index in [9.17, 15) is 4.39 Å². The summed E-state index contributed by atoms with van der Waals surface area (Å²) in [5.41, 5.74) is 1.05. The molecule has 0 spiro atoms. The van der Waals surface area contributed by atoms with Crippen molar-refractivity contribution in [2.24, 2.45) is 0 Å². The van der Waals surface area contributed by atoms with Crippen molar-refractivity contribution < 1.29 is 4.39 Å². The Hall–Kier alpha value is -2.53. The van der Waals surface area contributed by atoms with Gasteiger partial charge in [-0.15, -0.1) is 0 Å². The molecule has 0 aromatic heterocycles. The number of nitrogens with zero attached hydrogens (tertiary/aromatic N) is 3. The molecule has 4 nitrogen and oxygen atoms in total. The molecular formula is C17H19FN4. The smallest absolute Gasteiger partial charge is 0.148 e. The lowest BCUT2D eigenvalue weighted by molar-refractivity contribution is 0.424. The largest absolute Gasteiger partial charge is 0.369 e. The standard InChI is InChI=1S/C17H19FN4/c1-22(15-5-3-2-4-6-15)17-8-7-14(9-16(17)18)21-12-13(10-19)11-20/h7-9,12,15,21H,2-6H2,1H3. The minimum atomic E-state index is -0.304. The van der Waals surface area contributed by atoms with Crippen LogP contribution in [0, 0.1) is 28.5 Å². The Labute approximate surface area is 130 Å². The van der Waals surface area contributed by atoms with Gasteiger partial charge in [-0.3, -0.25) is 0 Å². The molecule has 2 rings (SSSR count). The van der Waals surface area contributed by atoms with Gasteiger partial charge in [-0.25, -0.2) is 4.39 Å². The molecule has 0 saturated heterocycles. The van der Waals surface area contributed by atoms with Crippen LogP contribution in [0.3, 0.4) is 0 Å². The summed E-state index contributed by atoms with van der Waals surface area (Å²) >= 11 is 0. The first-order chi connectivity index (χ1) is 10.7. The number of rotatable bonds is 4. The number of halogens is 1. The van der Waals surface area contributed by atoms with Gasteiger partial charge >= 0.3 is 0 Å². The predicted octanol–water partition coefficient (Wildman–Crippen LogP) is 3.94. The molecule has 1 aromatic rings. The second kappa shape index (κ2) is 7.47. The van der Waals surface area contributed by atoms with E-state index >= 15 is 0 Å². The lowest BCUT2D eigenvalue weighted by Crippen LogP contribution is -2.33. The Bertz CT molecular complexity index is 617. The van der Waals surface area contributed by atoms with Crippen molar-refractivity contribution in [3.63, 3.8) is 0 Å². The zero-order chi connectivity index (χ0) is 15.9. The maximum absolute atomic E-state index is 14.3. The number of hydrogen-bond donors (Lipinski definition) is 1. The van der Waals surface area contributed by atoms with Gasteiger partial charge in [-0.05, 0) is 31.0 Å². The van der Waals surface area contributed by atoms with Gasteiger partial charge in [-0.2, -0.15) is 10.5 Å². The lowest BCUT2D eigenvalue weighted by atomic mass is 9.94. The molecule has 0 radical (unpaired) electrons. The van der Waals surface area contributed by atoms with E-state index in [0.717, 1.165) is 12.8 Å². The third kappa shape index (κ3) is 3.77. The summed E-state index contributed by atoms with van der Waals surface area (Å²) in [5, 5.41) is 20.1. The van der Waals surface area contributed by atoms with Gasteiger partial charge in [0.1, 0.15) is 23.5 Å². The van der Waals surface area contributed by atoms with Gasteiger partial charge in [-0.1, -0.05) is 19.3 Å². The fourth-order valence-corrected chi connectivity index (χ4v) is 2.79. The van der Waals surface area contributed by atoms with Crippen LogP contribution in [-0.4, -0.2) is 13.1 Å². The van der Waals surface area contributed by atoms with E-state index < -0.39 is 0 Å². The van der Waals surface area contributed by atoms with Crippen molar-refractivity contribution in [2.45, 2.75) is 38.1 Å². The highest BCUT2D eigenvalue weighted by Crippen LogP contribution is 2.29. The molecule has 1 fully saturated rings. The fourth-order valence-electron chi connectivity index (χ4n) is 2.79. The molecule has 22 heavy (non-hydrogen) atoms. The Morgan fingerprint density at radius 1 is 1.27 bits per heavy atom. The van der Waals surface area contributed by atoms with E-state index in [-0.39, 0.29) is 11.4 Å². The third-order valence-electron chi connectivity index (χ3n) is 4.07. The number of allylic oxidation sites excluding steroid dienone is 1. The van der Waals surface area contributed by atoms with Crippen LogP contribution in [0.2, 0.25) is 0 Å². The Morgan fingerprint density at radius 3 is 2.55 bits per heavy atom. The zero-order valence-corrected chi connectivity index (χ0v) is 12.6. The minimum absolute atomic E-state index is 0.0520. The number of nitrogens with one attached hydrogen (secondary N) is 1. The van der Waals surface area contributed by atoms with Crippen molar-refractivity contribution in [1.82, 2.24) is 0 Å². The van der Waals surface area contributed by atoms with E-state index in [1.807, 2.05) is 11.9 Å². The minimum Gasteiger partial charge on any atom is -0.369 e. The SMILES string of the molecule is CN(c1ccc(NC=C(C#N)C#N)cc1F)C1CCCCC1. The molecule has 0 unspecified atom stereocenters. The first kappa shape index (κ1) is 15.9. The van der Waals surface area contributed by atoms with Crippen molar-refractivity contribution >= 4 is 11.4 Å². The highest BCUT2D eigenvalue weighted by molar-refractivity contribution is 5.58.